The van der Waals surface area contributed by atoms with Gasteiger partial charge in [-0.1, -0.05) is 12.1 Å². The van der Waals surface area contributed by atoms with Crippen LogP contribution in [0.2, 0.25) is 0 Å². The first-order chi connectivity index (χ1) is 20.9. The summed E-state index contributed by atoms with van der Waals surface area (Å²) in [4.78, 5) is 43.1. The molecule has 0 radical (unpaired) electrons. The van der Waals surface area contributed by atoms with E-state index in [1.807, 2.05) is 4.90 Å². The fourth-order valence-electron chi connectivity index (χ4n) is 6.71. The fraction of sp³-hybridized carbons (Fsp3) is 0.516. The molecule has 2 fully saturated rings. The minimum atomic E-state index is -2.07. The van der Waals surface area contributed by atoms with Gasteiger partial charge in [-0.25, -0.2) is 0 Å². The number of phenols is 2. The minimum absolute atomic E-state index is 0.0177. The highest BCUT2D eigenvalue weighted by Crippen LogP contribution is 2.52. The van der Waals surface area contributed by atoms with E-state index in [0.717, 1.165) is 0 Å². The molecule has 0 unspecified atom stereocenters. The lowest BCUT2D eigenvalue weighted by molar-refractivity contribution is -0.247. The number of benzene rings is 2. The Labute approximate surface area is 253 Å². The summed E-state index contributed by atoms with van der Waals surface area (Å²) in [5.41, 5.74) is 2.98. The Kier molecular flexibility index (Phi) is 7.99. The number of aromatic hydroxyl groups is 2. The number of ether oxygens (including phenoxy) is 4. The van der Waals surface area contributed by atoms with Crippen molar-refractivity contribution in [3.05, 3.63) is 51.6 Å². The highest BCUT2D eigenvalue weighted by molar-refractivity contribution is 6.31. The number of nitrogens with zero attached hydrogens (tertiary/aromatic N) is 1. The Hall–Kier alpha value is -3.43. The summed E-state index contributed by atoms with van der Waals surface area (Å²) in [7, 11) is 1.35. The number of rotatable bonds is 6. The van der Waals surface area contributed by atoms with Crippen molar-refractivity contribution in [3.8, 4) is 17.2 Å². The maximum Gasteiger partial charge on any atom is 0.202 e. The van der Waals surface area contributed by atoms with Gasteiger partial charge in [0, 0.05) is 55.1 Å². The van der Waals surface area contributed by atoms with Gasteiger partial charge in [-0.3, -0.25) is 19.3 Å². The van der Waals surface area contributed by atoms with Crippen molar-refractivity contribution in [2.24, 2.45) is 5.73 Å². The summed E-state index contributed by atoms with van der Waals surface area (Å²) < 4.78 is 22.7. The Morgan fingerprint density at radius 3 is 2.50 bits per heavy atom. The second-order valence-electron chi connectivity index (χ2n) is 11.9. The van der Waals surface area contributed by atoms with Crippen LogP contribution in [0.25, 0.3) is 0 Å². The van der Waals surface area contributed by atoms with Crippen molar-refractivity contribution in [1.82, 2.24) is 4.90 Å². The zero-order chi connectivity index (χ0) is 31.5. The molecule has 13 heteroatoms. The van der Waals surface area contributed by atoms with E-state index < -0.39 is 82.6 Å². The predicted molar refractivity (Wildman–Crippen MR) is 152 cm³/mol. The maximum absolute atomic E-state index is 13.8. The molecule has 2 aliphatic carbocycles. The van der Waals surface area contributed by atoms with Crippen LogP contribution in [0.15, 0.2) is 18.2 Å². The molecule has 0 bridgehead atoms. The lowest BCUT2D eigenvalue weighted by atomic mass is 9.71. The zero-order valence-corrected chi connectivity index (χ0v) is 24.4. The zero-order valence-electron chi connectivity index (χ0n) is 24.4. The number of nitrogens with two attached hydrogens (primary N) is 1. The van der Waals surface area contributed by atoms with Gasteiger partial charge in [-0.05, 0) is 13.0 Å². The highest BCUT2D eigenvalue weighted by Gasteiger charge is 2.50. The van der Waals surface area contributed by atoms with Gasteiger partial charge < -0.3 is 45.1 Å². The fourth-order valence-corrected chi connectivity index (χ4v) is 6.71. The summed E-state index contributed by atoms with van der Waals surface area (Å²) in [6.45, 7) is 3.38. The molecule has 2 aliphatic heterocycles. The molecule has 6 N–H and O–H groups in total. The van der Waals surface area contributed by atoms with E-state index in [2.05, 4.69) is 0 Å². The molecule has 0 spiro atoms. The first kappa shape index (κ1) is 30.6. The monoisotopic (exact) mass is 612 g/mol. The number of phenolic OH excluding ortho intramolecular Hbond substituents is 2. The summed E-state index contributed by atoms with van der Waals surface area (Å²) in [6, 6.07) is 3.76. The number of morpholine rings is 1. The van der Waals surface area contributed by atoms with Crippen LogP contribution in [0.3, 0.4) is 0 Å². The van der Waals surface area contributed by atoms with Gasteiger partial charge in [-0.15, -0.1) is 0 Å². The lowest BCUT2D eigenvalue weighted by Crippen LogP contribution is -2.54. The smallest absolute Gasteiger partial charge is 0.202 e. The van der Waals surface area contributed by atoms with E-state index in [0.29, 0.717) is 26.3 Å². The van der Waals surface area contributed by atoms with Crippen LogP contribution in [0.1, 0.15) is 68.8 Å². The van der Waals surface area contributed by atoms with Crippen molar-refractivity contribution in [3.63, 3.8) is 0 Å². The molecule has 44 heavy (non-hydrogen) atoms. The average molecular weight is 613 g/mol. The number of carbonyl (C=O) groups excluding carboxylic acids is 3. The average Bonchev–Trinajstić information content (AvgIpc) is 3.00. The number of aliphatic hydroxyl groups is 2. The van der Waals surface area contributed by atoms with Crippen molar-refractivity contribution >= 4 is 17.3 Å². The third-order valence-electron chi connectivity index (χ3n) is 9.13. The third-order valence-corrected chi connectivity index (χ3v) is 9.13. The van der Waals surface area contributed by atoms with Gasteiger partial charge in [0.15, 0.2) is 17.9 Å². The SMILES string of the molecule is COc1cccc2c1C(=O)c1c(O)c3c(c(O)c1C2=O)C[C@@](O)(C(=O)CN1CCOCC1)C[C@H]3O[C@H]1C[C@@H](N)[C@@H](O)[C@@H](C)O1. The Bertz CT molecular complexity index is 1510. The molecular weight excluding hydrogens is 576 g/mol. The quantitative estimate of drug-likeness (QED) is 0.239. The summed E-state index contributed by atoms with van der Waals surface area (Å²) in [6.07, 6.45) is -4.68. The molecule has 6 atom stereocenters. The molecular formula is C31H36N2O11. The first-order valence-electron chi connectivity index (χ1n) is 14.6. The van der Waals surface area contributed by atoms with Crippen LogP contribution < -0.4 is 10.5 Å². The number of carbonyl (C=O) groups is 3. The van der Waals surface area contributed by atoms with Crippen molar-refractivity contribution < 1.29 is 53.8 Å². The Morgan fingerprint density at radius 1 is 1.11 bits per heavy atom. The van der Waals surface area contributed by atoms with Gasteiger partial charge >= 0.3 is 0 Å². The number of hydrogen-bond donors (Lipinski definition) is 5. The molecule has 6 rings (SSSR count). The minimum Gasteiger partial charge on any atom is -0.507 e. The molecule has 2 heterocycles. The second kappa shape index (κ2) is 11.5. The number of hydrogen-bond acceptors (Lipinski definition) is 13. The van der Waals surface area contributed by atoms with Crippen molar-refractivity contribution in [2.75, 3.05) is 40.0 Å². The van der Waals surface area contributed by atoms with E-state index >= 15 is 0 Å². The molecule has 2 aromatic carbocycles. The molecule has 236 valence electrons. The van der Waals surface area contributed by atoms with E-state index in [4.69, 9.17) is 24.7 Å². The number of methoxy groups -OCH3 is 1. The van der Waals surface area contributed by atoms with Crippen LogP contribution in [0.4, 0.5) is 0 Å². The molecule has 0 saturated carbocycles. The third kappa shape index (κ3) is 4.98. The van der Waals surface area contributed by atoms with Gasteiger partial charge in [0.05, 0.1) is 61.9 Å². The van der Waals surface area contributed by atoms with Crippen LogP contribution >= 0.6 is 0 Å². The molecule has 0 aromatic heterocycles. The van der Waals surface area contributed by atoms with Gasteiger partial charge in [0.25, 0.3) is 0 Å². The molecule has 4 aliphatic rings. The van der Waals surface area contributed by atoms with Gasteiger partial charge in [0.1, 0.15) is 22.8 Å². The molecule has 0 amide bonds. The van der Waals surface area contributed by atoms with Crippen LogP contribution in [0.5, 0.6) is 17.2 Å². The number of aliphatic hydroxyl groups excluding tert-OH is 1. The molecule has 2 saturated heterocycles. The standard InChI is InChI=1S/C31H36N2O11/c1-14-26(35)17(32)10-21(43-14)44-19-12-31(40,20(34)13-33-6-8-42-9-7-33)11-16-23(19)30(39)25-24(28(16)37)27(36)15-4-3-5-18(41-2)22(15)29(25)38/h3-5,14,17,19,21,26,35,37,39-40H,6-13,32H2,1-2H3/t14-,17-,19-,21+,26+,31+/m1/s1. The summed E-state index contributed by atoms with van der Waals surface area (Å²) >= 11 is 0. The number of fused-ring (bicyclic) bond motifs is 3. The number of ketones is 3. The molecule has 13 nitrogen and oxygen atoms in total. The summed E-state index contributed by atoms with van der Waals surface area (Å²) in [5, 5.41) is 45.5. The molecule has 2 aromatic rings. The first-order valence-corrected chi connectivity index (χ1v) is 14.6. The van der Waals surface area contributed by atoms with E-state index in [-0.39, 0.29) is 47.4 Å². The maximum atomic E-state index is 13.8. The highest BCUT2D eigenvalue weighted by atomic mass is 16.7. The van der Waals surface area contributed by atoms with Crippen LogP contribution in [0, 0.1) is 0 Å². The Balaban J connectivity index is 1.46. The van der Waals surface area contributed by atoms with Crippen molar-refractivity contribution in [2.45, 2.75) is 62.4 Å². The normalized spacial score (nSPS) is 30.3. The lowest BCUT2D eigenvalue weighted by Gasteiger charge is -2.42. The second-order valence-corrected chi connectivity index (χ2v) is 11.9. The van der Waals surface area contributed by atoms with Gasteiger partial charge in [0.2, 0.25) is 5.78 Å². The van der Waals surface area contributed by atoms with E-state index in [1.165, 1.54) is 25.3 Å². The van der Waals surface area contributed by atoms with Crippen molar-refractivity contribution in [1.29, 1.82) is 0 Å². The Morgan fingerprint density at radius 2 is 1.82 bits per heavy atom. The van der Waals surface area contributed by atoms with E-state index in [9.17, 15) is 34.8 Å². The van der Waals surface area contributed by atoms with Crippen LogP contribution in [-0.2, 0) is 25.4 Å². The summed E-state index contributed by atoms with van der Waals surface area (Å²) in [5.74, 6) is -3.12. The van der Waals surface area contributed by atoms with E-state index in [1.54, 1.807) is 6.92 Å². The number of Topliss-reactive ketones (excluding diaryl/α,β-unsaturated/α-hetero) is 1. The predicted octanol–water partition coefficient (Wildman–Crippen LogP) is 0.341. The topological polar surface area (TPSA) is 198 Å². The largest absolute Gasteiger partial charge is 0.507 e. The van der Waals surface area contributed by atoms with Gasteiger partial charge in [-0.2, -0.15) is 0 Å². The van der Waals surface area contributed by atoms with Crippen LogP contribution in [-0.4, -0.2) is 113 Å².